The number of nitrogens with zero attached hydrogens (tertiary/aromatic N) is 1. The van der Waals surface area contributed by atoms with Crippen LogP contribution >= 0.6 is 0 Å². The predicted octanol–water partition coefficient (Wildman–Crippen LogP) is 2.68. The number of hydrogen-bond acceptors (Lipinski definition) is 3. The Morgan fingerprint density at radius 3 is 2.47 bits per heavy atom. The van der Waals surface area contributed by atoms with Gasteiger partial charge in [-0.2, -0.15) is 0 Å². The summed E-state index contributed by atoms with van der Waals surface area (Å²) in [6.45, 7) is 0. The number of hydrogen-bond donors (Lipinski definition) is 1. The quantitative estimate of drug-likeness (QED) is 0.919. The van der Waals surface area contributed by atoms with Gasteiger partial charge in [-0.05, 0) is 42.5 Å². The zero-order chi connectivity index (χ0) is 13.8. The first kappa shape index (κ1) is 13.0. The average molecular weight is 257 g/mol. The number of methoxy groups -OCH3 is 1. The van der Waals surface area contributed by atoms with Crippen LogP contribution in [-0.2, 0) is 0 Å². The van der Waals surface area contributed by atoms with Crippen LogP contribution in [0.3, 0.4) is 0 Å². The van der Waals surface area contributed by atoms with Gasteiger partial charge in [0.05, 0.1) is 7.11 Å². The highest BCUT2D eigenvalue weighted by Crippen LogP contribution is 2.20. The topological polar surface area (TPSA) is 49.8 Å². The Labute approximate surface area is 111 Å². The van der Waals surface area contributed by atoms with Crippen molar-refractivity contribution < 1.29 is 14.6 Å². The number of aromatic hydroxyl groups is 1. The third-order valence-electron chi connectivity index (χ3n) is 2.86. The lowest BCUT2D eigenvalue weighted by Crippen LogP contribution is -2.26. The number of benzene rings is 2. The molecule has 0 spiro atoms. The molecule has 0 unspecified atom stereocenters. The Morgan fingerprint density at radius 2 is 1.84 bits per heavy atom. The minimum absolute atomic E-state index is 0.135. The molecule has 4 heteroatoms. The number of rotatable bonds is 3. The van der Waals surface area contributed by atoms with Crippen LogP contribution < -0.4 is 9.64 Å². The maximum absolute atomic E-state index is 12.3. The molecule has 0 heterocycles. The minimum Gasteiger partial charge on any atom is -0.508 e. The molecule has 4 nitrogen and oxygen atoms in total. The molecule has 2 aromatic carbocycles. The lowest BCUT2D eigenvalue weighted by Gasteiger charge is -2.17. The molecule has 0 fully saturated rings. The molecule has 0 aliphatic rings. The predicted molar refractivity (Wildman–Crippen MR) is 73.8 cm³/mol. The molecular formula is C15H15NO3. The summed E-state index contributed by atoms with van der Waals surface area (Å²) in [5, 5.41) is 9.24. The second-order valence-electron chi connectivity index (χ2n) is 4.11. The van der Waals surface area contributed by atoms with Crippen LogP contribution in [0.15, 0.2) is 48.5 Å². The summed E-state index contributed by atoms with van der Waals surface area (Å²) in [7, 11) is 3.25. The van der Waals surface area contributed by atoms with E-state index in [1.54, 1.807) is 62.7 Å². The highest BCUT2D eigenvalue weighted by molar-refractivity contribution is 6.05. The fourth-order valence-corrected chi connectivity index (χ4v) is 1.74. The van der Waals surface area contributed by atoms with Crippen LogP contribution in [0.2, 0.25) is 0 Å². The van der Waals surface area contributed by atoms with Gasteiger partial charge in [-0.3, -0.25) is 4.79 Å². The summed E-state index contributed by atoms with van der Waals surface area (Å²) in [6.07, 6.45) is 0. The second-order valence-corrected chi connectivity index (χ2v) is 4.11. The van der Waals surface area contributed by atoms with Gasteiger partial charge in [-0.15, -0.1) is 0 Å². The summed E-state index contributed by atoms with van der Waals surface area (Å²) in [6, 6.07) is 13.5. The molecule has 0 bridgehead atoms. The third kappa shape index (κ3) is 2.85. The molecule has 0 saturated carbocycles. The highest BCUT2D eigenvalue weighted by atomic mass is 16.5. The highest BCUT2D eigenvalue weighted by Gasteiger charge is 2.13. The number of ether oxygens (including phenoxy) is 1. The lowest BCUT2D eigenvalue weighted by atomic mass is 10.1. The van der Waals surface area contributed by atoms with Gasteiger partial charge in [-0.1, -0.05) is 6.07 Å². The van der Waals surface area contributed by atoms with Gasteiger partial charge in [0.15, 0.2) is 0 Å². The van der Waals surface area contributed by atoms with Crippen LogP contribution in [0, 0.1) is 0 Å². The zero-order valence-electron chi connectivity index (χ0n) is 10.8. The van der Waals surface area contributed by atoms with E-state index in [1.807, 2.05) is 0 Å². The Morgan fingerprint density at radius 1 is 1.16 bits per heavy atom. The molecule has 0 aliphatic carbocycles. The van der Waals surface area contributed by atoms with Crippen LogP contribution in [0.5, 0.6) is 11.5 Å². The van der Waals surface area contributed by atoms with Crippen molar-refractivity contribution in [1.82, 2.24) is 0 Å². The van der Waals surface area contributed by atoms with Gasteiger partial charge < -0.3 is 14.7 Å². The maximum Gasteiger partial charge on any atom is 0.258 e. The average Bonchev–Trinajstić information content (AvgIpc) is 2.46. The van der Waals surface area contributed by atoms with Crippen LogP contribution in [0.25, 0.3) is 0 Å². The van der Waals surface area contributed by atoms with Gasteiger partial charge in [-0.25, -0.2) is 0 Å². The Balaban J connectivity index is 2.25. The zero-order valence-corrected chi connectivity index (χ0v) is 10.8. The van der Waals surface area contributed by atoms with E-state index in [0.29, 0.717) is 17.0 Å². The number of phenolic OH excluding ortho intramolecular Hbond substituents is 1. The fourth-order valence-electron chi connectivity index (χ4n) is 1.74. The Kier molecular flexibility index (Phi) is 3.71. The van der Waals surface area contributed by atoms with Gasteiger partial charge in [0, 0.05) is 18.3 Å². The summed E-state index contributed by atoms with van der Waals surface area (Å²) < 4.78 is 5.10. The van der Waals surface area contributed by atoms with E-state index in [-0.39, 0.29) is 11.7 Å². The lowest BCUT2D eigenvalue weighted by molar-refractivity contribution is 0.0992. The maximum atomic E-state index is 12.3. The van der Waals surface area contributed by atoms with Crippen molar-refractivity contribution in [3.8, 4) is 11.5 Å². The third-order valence-corrected chi connectivity index (χ3v) is 2.86. The number of carbonyl (C=O) groups is 1. The van der Waals surface area contributed by atoms with E-state index in [4.69, 9.17) is 4.74 Å². The van der Waals surface area contributed by atoms with Gasteiger partial charge in [0.1, 0.15) is 11.5 Å². The molecular weight excluding hydrogens is 242 g/mol. The van der Waals surface area contributed by atoms with Gasteiger partial charge in [0.25, 0.3) is 5.91 Å². The molecule has 1 N–H and O–H groups in total. The van der Waals surface area contributed by atoms with Crippen LogP contribution in [-0.4, -0.2) is 25.2 Å². The van der Waals surface area contributed by atoms with Crippen molar-refractivity contribution in [1.29, 1.82) is 0 Å². The summed E-state index contributed by atoms with van der Waals surface area (Å²) in [4.78, 5) is 13.8. The molecule has 0 atom stereocenters. The van der Waals surface area contributed by atoms with Gasteiger partial charge in [0.2, 0.25) is 0 Å². The molecule has 2 rings (SSSR count). The van der Waals surface area contributed by atoms with Crippen molar-refractivity contribution >= 4 is 11.6 Å². The first-order valence-electron chi connectivity index (χ1n) is 5.83. The monoisotopic (exact) mass is 257 g/mol. The molecule has 98 valence electrons. The minimum atomic E-state index is -0.135. The Bertz CT molecular complexity index is 578. The largest absolute Gasteiger partial charge is 0.508 e. The molecule has 0 saturated heterocycles. The number of anilines is 1. The first-order chi connectivity index (χ1) is 9.11. The van der Waals surface area contributed by atoms with Crippen molar-refractivity contribution in [2.75, 3.05) is 19.1 Å². The van der Waals surface area contributed by atoms with Crippen molar-refractivity contribution in [3.63, 3.8) is 0 Å². The molecule has 0 aromatic heterocycles. The van der Waals surface area contributed by atoms with Crippen LogP contribution in [0.4, 0.5) is 5.69 Å². The summed E-state index contributed by atoms with van der Waals surface area (Å²) >= 11 is 0. The molecule has 19 heavy (non-hydrogen) atoms. The van der Waals surface area contributed by atoms with Crippen molar-refractivity contribution in [3.05, 3.63) is 54.1 Å². The fraction of sp³-hybridized carbons (Fsp3) is 0.133. The number of amides is 1. The number of carbonyl (C=O) groups excluding carboxylic acids is 1. The second kappa shape index (κ2) is 5.44. The van der Waals surface area contributed by atoms with E-state index >= 15 is 0 Å². The normalized spacial score (nSPS) is 10.0. The standard InChI is InChI=1S/C15H15NO3/c1-16(12-6-8-13(17)9-7-12)15(18)11-4-3-5-14(10-11)19-2/h3-10,17H,1-2H3. The summed E-state index contributed by atoms with van der Waals surface area (Å²) in [5.41, 5.74) is 1.26. The number of phenols is 1. The van der Waals surface area contributed by atoms with E-state index in [0.717, 1.165) is 0 Å². The van der Waals surface area contributed by atoms with Gasteiger partial charge >= 0.3 is 0 Å². The van der Waals surface area contributed by atoms with E-state index in [9.17, 15) is 9.90 Å². The SMILES string of the molecule is COc1cccc(C(=O)N(C)c2ccc(O)cc2)c1. The van der Waals surface area contributed by atoms with Crippen molar-refractivity contribution in [2.24, 2.45) is 0 Å². The smallest absolute Gasteiger partial charge is 0.258 e. The molecule has 2 aromatic rings. The summed E-state index contributed by atoms with van der Waals surface area (Å²) in [5.74, 6) is 0.681. The molecule has 1 amide bonds. The van der Waals surface area contributed by atoms with E-state index < -0.39 is 0 Å². The van der Waals surface area contributed by atoms with Crippen LogP contribution in [0.1, 0.15) is 10.4 Å². The van der Waals surface area contributed by atoms with E-state index in [1.165, 1.54) is 4.90 Å². The Hall–Kier alpha value is -2.49. The molecule has 0 aliphatic heterocycles. The first-order valence-corrected chi connectivity index (χ1v) is 5.83. The van der Waals surface area contributed by atoms with E-state index in [2.05, 4.69) is 0 Å². The van der Waals surface area contributed by atoms with Crippen molar-refractivity contribution in [2.45, 2.75) is 0 Å². The molecule has 0 radical (unpaired) electrons.